The summed E-state index contributed by atoms with van der Waals surface area (Å²) in [7, 11) is 0. The maximum Gasteiger partial charge on any atom is 0.327 e. The largest absolute Gasteiger partial charge is 0.373 e. The molecule has 0 saturated heterocycles. The van der Waals surface area contributed by atoms with Crippen molar-refractivity contribution in [1.82, 2.24) is 0 Å². The van der Waals surface area contributed by atoms with Crippen LogP contribution in [0.3, 0.4) is 0 Å². The lowest BCUT2D eigenvalue weighted by Gasteiger charge is -2.16. The Balaban J connectivity index is 2.28. The Morgan fingerprint density at radius 3 is 2.50 bits per heavy atom. The highest BCUT2D eigenvalue weighted by atomic mass is 79.9. The van der Waals surface area contributed by atoms with Crippen LogP contribution in [0.4, 0.5) is 15.8 Å². The zero-order valence-electron chi connectivity index (χ0n) is 10.6. The molecule has 0 fully saturated rings. The van der Waals surface area contributed by atoms with Gasteiger partial charge < -0.3 is 5.32 Å². The van der Waals surface area contributed by atoms with Crippen molar-refractivity contribution in [3.8, 4) is 0 Å². The van der Waals surface area contributed by atoms with E-state index in [9.17, 15) is 14.5 Å². The highest BCUT2D eigenvalue weighted by Crippen LogP contribution is 2.30. The lowest BCUT2D eigenvalue weighted by atomic mass is 10.1. The number of benzene rings is 2. The van der Waals surface area contributed by atoms with Crippen LogP contribution in [-0.2, 0) is 0 Å². The summed E-state index contributed by atoms with van der Waals surface area (Å²) in [5, 5.41) is 13.9. The van der Waals surface area contributed by atoms with Crippen molar-refractivity contribution in [3.05, 3.63) is 68.4 Å². The number of nitro groups is 1. The SMILES string of the molecule is CC(Nc1cccc(F)c1[N+](=O)[O-])c1ccc(Br)cc1. The molecule has 1 atom stereocenters. The lowest BCUT2D eigenvalue weighted by Crippen LogP contribution is -2.09. The van der Waals surface area contributed by atoms with Crippen molar-refractivity contribution in [2.75, 3.05) is 5.32 Å². The van der Waals surface area contributed by atoms with E-state index in [1.807, 2.05) is 31.2 Å². The van der Waals surface area contributed by atoms with Gasteiger partial charge >= 0.3 is 5.69 Å². The van der Waals surface area contributed by atoms with E-state index >= 15 is 0 Å². The zero-order chi connectivity index (χ0) is 14.7. The highest BCUT2D eigenvalue weighted by molar-refractivity contribution is 9.10. The van der Waals surface area contributed by atoms with E-state index < -0.39 is 16.4 Å². The molecule has 0 aliphatic carbocycles. The van der Waals surface area contributed by atoms with E-state index in [1.165, 1.54) is 12.1 Å². The molecule has 104 valence electrons. The van der Waals surface area contributed by atoms with Gasteiger partial charge in [0.05, 0.1) is 4.92 Å². The molecule has 0 aliphatic heterocycles. The molecular weight excluding hydrogens is 327 g/mol. The number of hydrogen-bond donors (Lipinski definition) is 1. The number of hydrogen-bond acceptors (Lipinski definition) is 3. The molecule has 0 amide bonds. The Labute approximate surface area is 123 Å². The molecule has 0 bridgehead atoms. The smallest absolute Gasteiger partial charge is 0.327 e. The highest BCUT2D eigenvalue weighted by Gasteiger charge is 2.21. The summed E-state index contributed by atoms with van der Waals surface area (Å²) < 4.78 is 14.5. The van der Waals surface area contributed by atoms with Gasteiger partial charge in [0.2, 0.25) is 5.82 Å². The summed E-state index contributed by atoms with van der Waals surface area (Å²) in [6.45, 7) is 1.86. The van der Waals surface area contributed by atoms with E-state index in [-0.39, 0.29) is 11.7 Å². The molecule has 4 nitrogen and oxygen atoms in total. The molecular formula is C14H12BrFN2O2. The number of halogens is 2. The second-order valence-corrected chi connectivity index (χ2v) is 5.23. The van der Waals surface area contributed by atoms with Crippen LogP contribution in [-0.4, -0.2) is 4.92 Å². The van der Waals surface area contributed by atoms with E-state index in [2.05, 4.69) is 21.2 Å². The Morgan fingerprint density at radius 1 is 1.25 bits per heavy atom. The molecule has 0 aliphatic rings. The first-order chi connectivity index (χ1) is 9.49. The van der Waals surface area contributed by atoms with Crippen LogP contribution in [0, 0.1) is 15.9 Å². The summed E-state index contributed by atoms with van der Waals surface area (Å²) in [5.41, 5.74) is 0.591. The van der Waals surface area contributed by atoms with E-state index in [1.54, 1.807) is 0 Å². The zero-order valence-corrected chi connectivity index (χ0v) is 12.2. The summed E-state index contributed by atoms with van der Waals surface area (Å²) in [6.07, 6.45) is 0. The van der Waals surface area contributed by atoms with Crippen LogP contribution in [0.25, 0.3) is 0 Å². The van der Waals surface area contributed by atoms with E-state index in [0.717, 1.165) is 16.1 Å². The Kier molecular flexibility index (Phi) is 4.34. The van der Waals surface area contributed by atoms with Crippen LogP contribution in [0.1, 0.15) is 18.5 Å². The van der Waals surface area contributed by atoms with Crippen molar-refractivity contribution < 1.29 is 9.31 Å². The minimum atomic E-state index is -0.844. The van der Waals surface area contributed by atoms with Gasteiger partial charge in [-0.15, -0.1) is 0 Å². The third kappa shape index (κ3) is 3.14. The predicted molar refractivity (Wildman–Crippen MR) is 79.2 cm³/mol. The molecule has 6 heteroatoms. The fourth-order valence-corrected chi connectivity index (χ4v) is 2.15. The first-order valence-electron chi connectivity index (χ1n) is 5.94. The third-order valence-corrected chi connectivity index (χ3v) is 3.44. The fraction of sp³-hybridized carbons (Fsp3) is 0.143. The van der Waals surface area contributed by atoms with E-state index in [4.69, 9.17) is 0 Å². The fourth-order valence-electron chi connectivity index (χ4n) is 1.89. The van der Waals surface area contributed by atoms with Gasteiger partial charge in [-0.2, -0.15) is 4.39 Å². The number of nitrogens with one attached hydrogen (secondary N) is 1. The van der Waals surface area contributed by atoms with Crippen LogP contribution in [0.5, 0.6) is 0 Å². The van der Waals surface area contributed by atoms with Gasteiger partial charge in [0, 0.05) is 10.5 Å². The summed E-state index contributed by atoms with van der Waals surface area (Å²) in [5.74, 6) is -0.844. The molecule has 2 aromatic rings. The third-order valence-electron chi connectivity index (χ3n) is 2.91. The van der Waals surface area contributed by atoms with Crippen molar-refractivity contribution in [3.63, 3.8) is 0 Å². The van der Waals surface area contributed by atoms with Crippen molar-refractivity contribution >= 4 is 27.3 Å². The predicted octanol–water partition coefficient (Wildman–Crippen LogP) is 4.67. The molecule has 2 rings (SSSR count). The first kappa shape index (κ1) is 14.5. The molecule has 0 radical (unpaired) electrons. The second kappa shape index (κ2) is 6.00. The normalized spacial score (nSPS) is 11.9. The summed E-state index contributed by atoms with van der Waals surface area (Å²) in [4.78, 5) is 10.2. The molecule has 0 aromatic heterocycles. The van der Waals surface area contributed by atoms with Crippen molar-refractivity contribution in [1.29, 1.82) is 0 Å². The maximum absolute atomic E-state index is 13.5. The molecule has 1 N–H and O–H groups in total. The van der Waals surface area contributed by atoms with Gasteiger partial charge in [-0.1, -0.05) is 34.1 Å². The number of anilines is 1. The minimum absolute atomic E-state index is 0.172. The van der Waals surface area contributed by atoms with E-state index in [0.29, 0.717) is 0 Å². The molecule has 20 heavy (non-hydrogen) atoms. The van der Waals surface area contributed by atoms with Gasteiger partial charge in [0.15, 0.2) is 0 Å². The van der Waals surface area contributed by atoms with Crippen LogP contribution in [0.15, 0.2) is 46.9 Å². The number of para-hydroxylation sites is 1. The topological polar surface area (TPSA) is 55.2 Å². The number of rotatable bonds is 4. The van der Waals surface area contributed by atoms with Crippen molar-refractivity contribution in [2.24, 2.45) is 0 Å². The van der Waals surface area contributed by atoms with Gasteiger partial charge in [0.25, 0.3) is 0 Å². The average molecular weight is 339 g/mol. The lowest BCUT2D eigenvalue weighted by molar-refractivity contribution is -0.386. The molecule has 0 spiro atoms. The standard InChI is InChI=1S/C14H12BrFN2O2/c1-9(10-5-7-11(15)8-6-10)17-13-4-2-3-12(16)14(13)18(19)20/h2-9,17H,1H3. The van der Waals surface area contributed by atoms with Crippen LogP contribution in [0.2, 0.25) is 0 Å². The molecule has 0 heterocycles. The first-order valence-corrected chi connectivity index (χ1v) is 6.73. The average Bonchev–Trinajstić information content (AvgIpc) is 2.39. The maximum atomic E-state index is 13.5. The van der Waals surface area contributed by atoms with Crippen molar-refractivity contribution in [2.45, 2.75) is 13.0 Å². The molecule has 2 aromatic carbocycles. The van der Waals surface area contributed by atoms with Crippen LogP contribution >= 0.6 is 15.9 Å². The monoisotopic (exact) mass is 338 g/mol. The Morgan fingerprint density at radius 2 is 1.90 bits per heavy atom. The summed E-state index contributed by atoms with van der Waals surface area (Å²) >= 11 is 3.34. The quantitative estimate of drug-likeness (QED) is 0.651. The number of nitrogens with zero attached hydrogens (tertiary/aromatic N) is 1. The Bertz CT molecular complexity index is 632. The second-order valence-electron chi connectivity index (χ2n) is 4.31. The van der Waals surface area contributed by atoms with Crippen LogP contribution < -0.4 is 5.32 Å². The summed E-state index contributed by atoms with van der Waals surface area (Å²) in [6, 6.07) is 11.4. The minimum Gasteiger partial charge on any atom is -0.373 e. The molecule has 1 unspecified atom stereocenters. The van der Waals surface area contributed by atoms with Gasteiger partial charge in [-0.05, 0) is 36.8 Å². The van der Waals surface area contributed by atoms with Gasteiger partial charge in [0.1, 0.15) is 5.69 Å². The van der Waals surface area contributed by atoms with Gasteiger partial charge in [-0.3, -0.25) is 10.1 Å². The Hall–Kier alpha value is -1.95. The van der Waals surface area contributed by atoms with Gasteiger partial charge in [-0.25, -0.2) is 0 Å². The molecule has 0 saturated carbocycles. The number of nitro benzene ring substituents is 1.